The number of nitrogens with zero attached hydrogens (tertiary/aromatic N) is 1. The number of hydrogen-bond donors (Lipinski definition) is 1. The fourth-order valence-corrected chi connectivity index (χ4v) is 2.19. The van der Waals surface area contributed by atoms with Crippen LogP contribution in [0.1, 0.15) is 16.1 Å². The smallest absolute Gasteiger partial charge is 0.335 e. The van der Waals surface area contributed by atoms with Gasteiger partial charge in [-0.2, -0.15) is 0 Å². The molecule has 0 aliphatic carbocycles. The van der Waals surface area contributed by atoms with Crippen molar-refractivity contribution in [2.24, 2.45) is 4.99 Å². The van der Waals surface area contributed by atoms with E-state index in [4.69, 9.17) is 21.1 Å². The van der Waals surface area contributed by atoms with Crippen LogP contribution in [0.3, 0.4) is 0 Å². The normalized spacial score (nSPS) is 11.1. The lowest BCUT2D eigenvalue weighted by atomic mass is 10.2. The van der Waals surface area contributed by atoms with Crippen LogP contribution in [-0.2, 0) is 0 Å². The third kappa shape index (κ3) is 3.58. The molecule has 1 heterocycles. The van der Waals surface area contributed by atoms with E-state index in [1.165, 1.54) is 24.4 Å². The summed E-state index contributed by atoms with van der Waals surface area (Å²) in [7, 11) is 0. The summed E-state index contributed by atoms with van der Waals surface area (Å²) in [5.41, 5.74) is 0.510. The van der Waals surface area contributed by atoms with Crippen molar-refractivity contribution in [1.82, 2.24) is 0 Å². The molecule has 0 aliphatic rings. The Morgan fingerprint density at radius 2 is 2.21 bits per heavy atom. The van der Waals surface area contributed by atoms with Crippen LogP contribution in [0.15, 0.2) is 38.1 Å². The highest BCUT2D eigenvalue weighted by atomic mass is 127. The number of hydrogen-bond acceptors (Lipinski definition) is 3. The van der Waals surface area contributed by atoms with Crippen LogP contribution in [0.4, 0.5) is 5.69 Å². The maximum absolute atomic E-state index is 10.9. The summed E-state index contributed by atoms with van der Waals surface area (Å²) in [6.45, 7) is 0. The number of carboxylic acid groups (broad SMARTS) is 1. The number of rotatable bonds is 3. The largest absolute Gasteiger partial charge is 0.478 e. The molecular weight excluding hydrogens is 448 g/mol. The van der Waals surface area contributed by atoms with Crippen molar-refractivity contribution in [3.05, 3.63) is 48.9 Å². The summed E-state index contributed by atoms with van der Waals surface area (Å²) < 4.78 is 6.93. The molecular formula is C12H6BrClINO3. The molecule has 0 bridgehead atoms. The summed E-state index contributed by atoms with van der Waals surface area (Å²) in [6, 6.07) is 6.10. The number of halogens is 3. The zero-order chi connectivity index (χ0) is 14.0. The maximum atomic E-state index is 10.9. The summed E-state index contributed by atoms with van der Waals surface area (Å²) in [4.78, 5) is 15.0. The fourth-order valence-electron chi connectivity index (χ4n) is 1.30. The first-order chi connectivity index (χ1) is 8.97. The Kier molecular flexibility index (Phi) is 4.64. The van der Waals surface area contributed by atoms with Gasteiger partial charge in [-0.05, 0) is 34.1 Å². The second kappa shape index (κ2) is 6.06. The van der Waals surface area contributed by atoms with Crippen molar-refractivity contribution < 1.29 is 14.3 Å². The first-order valence-corrected chi connectivity index (χ1v) is 7.24. The lowest BCUT2D eigenvalue weighted by molar-refractivity contribution is 0.0697. The molecule has 4 nitrogen and oxygen atoms in total. The van der Waals surface area contributed by atoms with Crippen LogP contribution in [0, 0.1) is 3.77 Å². The fraction of sp³-hybridized carbons (Fsp3) is 0. The van der Waals surface area contributed by atoms with E-state index in [0.717, 1.165) is 4.47 Å². The second-order valence-corrected chi connectivity index (χ2v) is 5.74. The minimum atomic E-state index is -1.02. The van der Waals surface area contributed by atoms with Gasteiger partial charge in [0, 0.05) is 28.7 Å². The maximum Gasteiger partial charge on any atom is 0.335 e. The molecule has 0 saturated heterocycles. The van der Waals surface area contributed by atoms with E-state index in [0.29, 0.717) is 20.2 Å². The van der Waals surface area contributed by atoms with Gasteiger partial charge in [0.25, 0.3) is 0 Å². The van der Waals surface area contributed by atoms with Crippen LogP contribution >= 0.6 is 50.1 Å². The Hall–Kier alpha value is -0.860. The Morgan fingerprint density at radius 3 is 2.79 bits per heavy atom. The standard InChI is InChI=1S/C12H6BrClINO3/c13-8-4-7(19-11(8)15)5-16-10-3-6(12(17)18)1-2-9(10)14/h1-5H,(H,17,18). The highest BCUT2D eigenvalue weighted by molar-refractivity contribution is 14.1. The molecule has 1 aromatic heterocycles. The molecule has 0 spiro atoms. The van der Waals surface area contributed by atoms with Crippen LogP contribution < -0.4 is 0 Å². The lowest BCUT2D eigenvalue weighted by Gasteiger charge is -1.99. The van der Waals surface area contributed by atoms with E-state index in [-0.39, 0.29) is 5.56 Å². The zero-order valence-electron chi connectivity index (χ0n) is 9.23. The Bertz CT molecular complexity index is 649. The van der Waals surface area contributed by atoms with Gasteiger partial charge in [-0.1, -0.05) is 11.6 Å². The topological polar surface area (TPSA) is 62.8 Å². The molecule has 0 aliphatic heterocycles. The van der Waals surface area contributed by atoms with Gasteiger partial charge in [0.05, 0.1) is 27.0 Å². The van der Waals surface area contributed by atoms with Crippen LogP contribution in [0.2, 0.25) is 5.02 Å². The number of carboxylic acids is 1. The van der Waals surface area contributed by atoms with E-state index in [9.17, 15) is 4.79 Å². The molecule has 1 aromatic carbocycles. The molecule has 0 unspecified atom stereocenters. The molecule has 7 heteroatoms. The van der Waals surface area contributed by atoms with Crippen LogP contribution in [0.25, 0.3) is 0 Å². The van der Waals surface area contributed by atoms with Gasteiger partial charge in [-0.15, -0.1) is 0 Å². The second-order valence-electron chi connectivity index (χ2n) is 3.50. The van der Waals surface area contributed by atoms with Gasteiger partial charge in [0.15, 0.2) is 3.77 Å². The molecule has 0 fully saturated rings. The molecule has 98 valence electrons. The van der Waals surface area contributed by atoms with Gasteiger partial charge in [0.1, 0.15) is 5.76 Å². The van der Waals surface area contributed by atoms with Gasteiger partial charge < -0.3 is 9.52 Å². The number of furan rings is 1. The van der Waals surface area contributed by atoms with Gasteiger partial charge in [-0.25, -0.2) is 4.79 Å². The summed E-state index contributed by atoms with van der Waals surface area (Å²) in [6.07, 6.45) is 1.49. The highest BCUT2D eigenvalue weighted by Crippen LogP contribution is 2.27. The predicted molar refractivity (Wildman–Crippen MR) is 84.8 cm³/mol. The average Bonchev–Trinajstić information content (AvgIpc) is 2.67. The third-order valence-corrected chi connectivity index (χ3v) is 4.64. The molecule has 0 radical (unpaired) electrons. The van der Waals surface area contributed by atoms with Crippen LogP contribution in [-0.4, -0.2) is 17.3 Å². The highest BCUT2D eigenvalue weighted by Gasteiger charge is 2.07. The molecule has 0 amide bonds. The molecule has 0 saturated carbocycles. The van der Waals surface area contributed by atoms with E-state index < -0.39 is 5.97 Å². The SMILES string of the molecule is O=C(O)c1ccc(Cl)c(N=Cc2cc(Br)c(I)o2)c1. The van der Waals surface area contributed by atoms with Gasteiger partial charge in [-0.3, -0.25) is 4.99 Å². The van der Waals surface area contributed by atoms with Crippen molar-refractivity contribution in [3.63, 3.8) is 0 Å². The summed E-state index contributed by atoms with van der Waals surface area (Å²) in [5.74, 6) is -0.475. The monoisotopic (exact) mass is 453 g/mol. The average molecular weight is 454 g/mol. The molecule has 2 rings (SSSR count). The van der Waals surface area contributed by atoms with Crippen molar-refractivity contribution in [1.29, 1.82) is 0 Å². The van der Waals surface area contributed by atoms with Crippen molar-refractivity contribution in [2.75, 3.05) is 0 Å². The predicted octanol–water partition coefficient (Wildman–Crippen LogP) is 4.75. The molecule has 0 atom stereocenters. The minimum Gasteiger partial charge on any atom is -0.478 e. The Balaban J connectivity index is 2.32. The molecule has 2 aromatic rings. The van der Waals surface area contributed by atoms with E-state index in [1.54, 1.807) is 6.07 Å². The number of aliphatic imine (C=N–C) groups is 1. The lowest BCUT2D eigenvalue weighted by Crippen LogP contribution is -1.94. The van der Waals surface area contributed by atoms with Crippen molar-refractivity contribution >= 4 is 68.0 Å². The van der Waals surface area contributed by atoms with E-state index in [2.05, 4.69) is 20.9 Å². The molecule has 19 heavy (non-hydrogen) atoms. The van der Waals surface area contributed by atoms with E-state index >= 15 is 0 Å². The first kappa shape index (κ1) is 14.5. The first-order valence-electron chi connectivity index (χ1n) is 4.99. The summed E-state index contributed by atoms with van der Waals surface area (Å²) in [5, 5.41) is 9.28. The quantitative estimate of drug-likeness (QED) is 0.538. The Morgan fingerprint density at radius 1 is 1.47 bits per heavy atom. The number of aromatic carboxylic acids is 1. The van der Waals surface area contributed by atoms with Gasteiger partial charge in [0.2, 0.25) is 0 Å². The zero-order valence-corrected chi connectivity index (χ0v) is 13.7. The number of carbonyl (C=O) groups is 1. The number of benzene rings is 1. The van der Waals surface area contributed by atoms with Crippen LogP contribution in [0.5, 0.6) is 0 Å². The third-order valence-electron chi connectivity index (χ3n) is 2.19. The van der Waals surface area contributed by atoms with Gasteiger partial charge >= 0.3 is 5.97 Å². The van der Waals surface area contributed by atoms with Crippen molar-refractivity contribution in [2.45, 2.75) is 0 Å². The summed E-state index contributed by atoms with van der Waals surface area (Å²) >= 11 is 11.3. The Labute approximate surface area is 135 Å². The van der Waals surface area contributed by atoms with Crippen molar-refractivity contribution in [3.8, 4) is 0 Å². The molecule has 1 N–H and O–H groups in total. The minimum absolute atomic E-state index is 0.131. The van der Waals surface area contributed by atoms with E-state index in [1.807, 2.05) is 22.6 Å².